The van der Waals surface area contributed by atoms with Crippen molar-refractivity contribution in [3.8, 4) is 5.75 Å². The van der Waals surface area contributed by atoms with Gasteiger partial charge in [0.15, 0.2) is 5.78 Å². The van der Waals surface area contributed by atoms with E-state index < -0.39 is 0 Å². The molecule has 2 nitrogen and oxygen atoms in total. The molecule has 0 aliphatic carbocycles. The Balaban J connectivity index is 2.39. The molecule has 0 heterocycles. The van der Waals surface area contributed by atoms with Crippen molar-refractivity contribution in [2.24, 2.45) is 0 Å². The highest BCUT2D eigenvalue weighted by molar-refractivity contribution is 9.10. The van der Waals surface area contributed by atoms with Crippen molar-refractivity contribution < 1.29 is 9.90 Å². The summed E-state index contributed by atoms with van der Waals surface area (Å²) in [6, 6.07) is 12.5. The van der Waals surface area contributed by atoms with Crippen LogP contribution in [0.4, 0.5) is 0 Å². The molecule has 102 valence electrons. The first-order valence-corrected chi connectivity index (χ1v) is 7.12. The van der Waals surface area contributed by atoms with Gasteiger partial charge in [0.1, 0.15) is 5.75 Å². The summed E-state index contributed by atoms with van der Waals surface area (Å²) < 4.78 is 0.404. The molecule has 2 rings (SSSR count). The first-order chi connectivity index (χ1) is 9.49. The molecule has 2 aromatic rings. The Morgan fingerprint density at radius 2 is 1.90 bits per heavy atom. The Kier molecular flexibility index (Phi) is 4.63. The minimum absolute atomic E-state index is 0.0970. The Hall–Kier alpha value is -1.58. The average molecular weight is 352 g/mol. The fourth-order valence-corrected chi connectivity index (χ4v) is 2.63. The Labute approximate surface area is 130 Å². The third-order valence-corrected chi connectivity index (χ3v) is 3.64. The van der Waals surface area contributed by atoms with Gasteiger partial charge in [0.05, 0.1) is 10.0 Å². The monoisotopic (exact) mass is 350 g/mol. The summed E-state index contributed by atoms with van der Waals surface area (Å²) >= 11 is 9.09. The summed E-state index contributed by atoms with van der Waals surface area (Å²) in [7, 11) is 0. The van der Waals surface area contributed by atoms with Gasteiger partial charge in [-0.15, -0.1) is 0 Å². The van der Waals surface area contributed by atoms with Gasteiger partial charge < -0.3 is 5.11 Å². The molecule has 0 unspecified atom stereocenters. The van der Waals surface area contributed by atoms with Crippen LogP contribution in [0.2, 0.25) is 5.02 Å². The highest BCUT2D eigenvalue weighted by atomic mass is 79.9. The van der Waals surface area contributed by atoms with E-state index in [-0.39, 0.29) is 17.1 Å². The van der Waals surface area contributed by atoms with Crippen molar-refractivity contribution in [2.75, 3.05) is 0 Å². The molecule has 0 spiro atoms. The molecule has 0 bridgehead atoms. The standard InChI is InChI=1S/C16H12BrClO2/c1-10(7-11-5-3-2-4-6-11)15(19)13-8-12(18)9-14(17)16(13)20/h2-9,20H,1H3. The van der Waals surface area contributed by atoms with E-state index in [9.17, 15) is 9.90 Å². The van der Waals surface area contributed by atoms with Crippen LogP contribution in [0.25, 0.3) is 6.08 Å². The third-order valence-electron chi connectivity index (χ3n) is 2.81. The van der Waals surface area contributed by atoms with Crippen LogP contribution in [0, 0.1) is 0 Å². The summed E-state index contributed by atoms with van der Waals surface area (Å²) in [5.74, 6) is -0.352. The van der Waals surface area contributed by atoms with Crippen LogP contribution in [-0.2, 0) is 0 Å². The van der Waals surface area contributed by atoms with Crippen molar-refractivity contribution in [3.63, 3.8) is 0 Å². The maximum atomic E-state index is 12.4. The summed E-state index contributed by atoms with van der Waals surface area (Å²) in [5, 5.41) is 10.3. The number of carbonyl (C=O) groups is 1. The zero-order valence-corrected chi connectivity index (χ0v) is 13.1. The number of Topliss-reactive ketones (excluding diaryl/α,β-unsaturated/α-hetero) is 1. The topological polar surface area (TPSA) is 37.3 Å². The molecule has 0 aliphatic rings. The van der Waals surface area contributed by atoms with Gasteiger partial charge in [-0.25, -0.2) is 0 Å². The van der Waals surface area contributed by atoms with E-state index >= 15 is 0 Å². The van der Waals surface area contributed by atoms with Crippen LogP contribution < -0.4 is 0 Å². The van der Waals surface area contributed by atoms with Crippen LogP contribution in [0.15, 0.2) is 52.5 Å². The molecule has 4 heteroatoms. The summed E-state index contributed by atoms with van der Waals surface area (Å²) in [4.78, 5) is 12.4. The van der Waals surface area contributed by atoms with Crippen molar-refractivity contribution >= 4 is 39.4 Å². The second-order valence-corrected chi connectivity index (χ2v) is 5.64. The van der Waals surface area contributed by atoms with Crippen LogP contribution in [0.3, 0.4) is 0 Å². The summed E-state index contributed by atoms with van der Waals surface area (Å²) in [6.07, 6.45) is 1.77. The van der Waals surface area contributed by atoms with E-state index in [1.54, 1.807) is 19.1 Å². The molecular formula is C16H12BrClO2. The van der Waals surface area contributed by atoms with E-state index in [1.807, 2.05) is 30.3 Å². The number of phenolic OH excluding ortho intramolecular Hbond substituents is 1. The van der Waals surface area contributed by atoms with E-state index in [4.69, 9.17) is 11.6 Å². The SMILES string of the molecule is CC(=Cc1ccccc1)C(=O)c1cc(Cl)cc(Br)c1O. The molecular weight excluding hydrogens is 340 g/mol. The van der Waals surface area contributed by atoms with E-state index in [0.29, 0.717) is 15.1 Å². The van der Waals surface area contributed by atoms with Gasteiger partial charge in [0, 0.05) is 5.02 Å². The molecule has 0 saturated carbocycles. The molecule has 2 aromatic carbocycles. The van der Waals surface area contributed by atoms with Crippen LogP contribution in [-0.4, -0.2) is 10.9 Å². The Bertz CT molecular complexity index is 678. The lowest BCUT2D eigenvalue weighted by atomic mass is 10.0. The quantitative estimate of drug-likeness (QED) is 0.617. The number of carbonyl (C=O) groups excluding carboxylic acids is 1. The summed E-state index contributed by atoms with van der Waals surface area (Å²) in [5.41, 5.74) is 1.65. The molecule has 0 aliphatic heterocycles. The maximum Gasteiger partial charge on any atom is 0.192 e. The number of aromatic hydroxyl groups is 1. The molecule has 0 aromatic heterocycles. The predicted molar refractivity (Wildman–Crippen MR) is 85.2 cm³/mol. The highest BCUT2D eigenvalue weighted by Crippen LogP contribution is 2.33. The average Bonchev–Trinajstić information content (AvgIpc) is 2.43. The molecule has 0 radical (unpaired) electrons. The minimum Gasteiger partial charge on any atom is -0.506 e. The highest BCUT2D eigenvalue weighted by Gasteiger charge is 2.16. The zero-order chi connectivity index (χ0) is 14.7. The fraction of sp³-hybridized carbons (Fsp3) is 0.0625. The Morgan fingerprint density at radius 3 is 2.55 bits per heavy atom. The van der Waals surface area contributed by atoms with Gasteiger partial charge in [0.2, 0.25) is 0 Å². The number of hydrogen-bond acceptors (Lipinski definition) is 2. The zero-order valence-electron chi connectivity index (χ0n) is 10.7. The predicted octanol–water partition coefficient (Wildman–Crippen LogP) is 5.09. The molecule has 20 heavy (non-hydrogen) atoms. The van der Waals surface area contributed by atoms with E-state index in [1.165, 1.54) is 6.07 Å². The van der Waals surface area contributed by atoms with Gasteiger partial charge in [0.25, 0.3) is 0 Å². The Morgan fingerprint density at radius 1 is 1.25 bits per heavy atom. The summed E-state index contributed by atoms with van der Waals surface area (Å²) in [6.45, 7) is 1.71. The van der Waals surface area contributed by atoms with E-state index in [0.717, 1.165) is 5.56 Å². The van der Waals surface area contributed by atoms with Crippen molar-refractivity contribution in [1.29, 1.82) is 0 Å². The van der Waals surface area contributed by atoms with Gasteiger partial charge in [-0.3, -0.25) is 4.79 Å². The maximum absolute atomic E-state index is 12.4. The number of halogens is 2. The van der Waals surface area contributed by atoms with Crippen molar-refractivity contribution in [3.05, 3.63) is 68.7 Å². The smallest absolute Gasteiger partial charge is 0.192 e. The largest absolute Gasteiger partial charge is 0.506 e. The molecule has 0 fully saturated rings. The number of rotatable bonds is 3. The first kappa shape index (κ1) is 14.8. The number of hydrogen-bond donors (Lipinski definition) is 1. The second kappa shape index (κ2) is 6.25. The van der Waals surface area contributed by atoms with Crippen LogP contribution >= 0.6 is 27.5 Å². The van der Waals surface area contributed by atoms with Gasteiger partial charge in [-0.1, -0.05) is 41.9 Å². The van der Waals surface area contributed by atoms with Crippen molar-refractivity contribution in [1.82, 2.24) is 0 Å². The van der Waals surface area contributed by atoms with Gasteiger partial charge >= 0.3 is 0 Å². The molecule has 0 saturated heterocycles. The van der Waals surface area contributed by atoms with Crippen LogP contribution in [0.1, 0.15) is 22.8 Å². The van der Waals surface area contributed by atoms with E-state index in [2.05, 4.69) is 15.9 Å². The number of ketones is 1. The second-order valence-electron chi connectivity index (χ2n) is 4.35. The minimum atomic E-state index is -0.255. The lowest BCUT2D eigenvalue weighted by molar-refractivity contribution is 0.103. The number of benzene rings is 2. The van der Waals surface area contributed by atoms with Crippen LogP contribution in [0.5, 0.6) is 5.75 Å². The lowest BCUT2D eigenvalue weighted by Crippen LogP contribution is -2.01. The molecule has 0 amide bonds. The van der Waals surface area contributed by atoms with Gasteiger partial charge in [-0.05, 0) is 52.2 Å². The number of allylic oxidation sites excluding steroid dienone is 1. The lowest BCUT2D eigenvalue weighted by Gasteiger charge is -2.07. The first-order valence-electron chi connectivity index (χ1n) is 5.95. The number of phenols is 1. The van der Waals surface area contributed by atoms with Gasteiger partial charge in [-0.2, -0.15) is 0 Å². The third kappa shape index (κ3) is 3.30. The normalized spacial score (nSPS) is 11.4. The fourth-order valence-electron chi connectivity index (χ4n) is 1.82. The van der Waals surface area contributed by atoms with Crippen molar-refractivity contribution in [2.45, 2.75) is 6.92 Å². The molecule has 0 atom stereocenters. The molecule has 1 N–H and O–H groups in total.